The Morgan fingerprint density at radius 2 is 1.93 bits per heavy atom. The maximum absolute atomic E-state index is 13.0. The van der Waals surface area contributed by atoms with Crippen LogP contribution < -0.4 is 9.80 Å². The van der Waals surface area contributed by atoms with E-state index < -0.39 is 0 Å². The molecule has 0 aliphatic carbocycles. The van der Waals surface area contributed by atoms with Crippen molar-refractivity contribution in [3.63, 3.8) is 0 Å². The molecule has 2 aliphatic rings. The number of thiocarbonyl (C=S) groups is 1. The van der Waals surface area contributed by atoms with Crippen molar-refractivity contribution in [2.75, 3.05) is 16.3 Å². The molecule has 2 aromatic carbocycles. The lowest BCUT2D eigenvalue weighted by Crippen LogP contribution is -2.48. The molecule has 3 nitrogen and oxygen atoms in total. The number of amides is 1. The van der Waals surface area contributed by atoms with Crippen LogP contribution in [0.25, 0.3) is 6.08 Å². The van der Waals surface area contributed by atoms with Gasteiger partial charge in [-0.2, -0.15) is 0 Å². The van der Waals surface area contributed by atoms with E-state index in [-0.39, 0.29) is 11.4 Å². The zero-order valence-electron chi connectivity index (χ0n) is 18.0. The number of para-hydroxylation sites is 1. The molecule has 0 N–H and O–H groups in total. The summed E-state index contributed by atoms with van der Waals surface area (Å²) in [5, 5.41) is 0. The highest BCUT2D eigenvalue weighted by Crippen LogP contribution is 2.44. The molecule has 0 spiro atoms. The molecular weight excluding hydrogens is 408 g/mol. The zero-order chi connectivity index (χ0) is 21.5. The molecule has 1 amide bonds. The number of benzene rings is 2. The lowest BCUT2D eigenvalue weighted by Gasteiger charge is -2.47. The number of thioether (sulfide) groups is 1. The molecular formula is C25H28N2OS2. The molecule has 2 heterocycles. The highest BCUT2D eigenvalue weighted by molar-refractivity contribution is 8.27. The SMILES string of the molecule is CCCN1c2ccc(/C=C3/SC(=S)N(c4ccccc4)C3=O)cc2C(C)CC1(C)C. The summed E-state index contributed by atoms with van der Waals surface area (Å²) in [7, 11) is 0. The van der Waals surface area contributed by atoms with Crippen LogP contribution in [-0.4, -0.2) is 22.3 Å². The fourth-order valence-electron chi connectivity index (χ4n) is 4.66. The van der Waals surface area contributed by atoms with Gasteiger partial charge in [0.25, 0.3) is 5.91 Å². The number of rotatable bonds is 4. The van der Waals surface area contributed by atoms with Gasteiger partial charge in [-0.1, -0.05) is 62.1 Å². The number of hydrogen-bond donors (Lipinski definition) is 0. The van der Waals surface area contributed by atoms with Crippen LogP contribution >= 0.6 is 24.0 Å². The average molecular weight is 437 g/mol. The maximum atomic E-state index is 13.0. The Balaban J connectivity index is 1.67. The predicted molar refractivity (Wildman–Crippen MR) is 133 cm³/mol. The molecule has 0 aromatic heterocycles. The molecule has 1 fully saturated rings. The smallest absolute Gasteiger partial charge is 0.270 e. The molecule has 2 aliphatic heterocycles. The van der Waals surface area contributed by atoms with Crippen molar-refractivity contribution < 1.29 is 4.79 Å². The van der Waals surface area contributed by atoms with Gasteiger partial charge in [-0.15, -0.1) is 0 Å². The third-order valence-corrected chi connectivity index (χ3v) is 7.26. The Labute approximate surface area is 189 Å². The minimum atomic E-state index is -0.0456. The summed E-state index contributed by atoms with van der Waals surface area (Å²) in [6.07, 6.45) is 4.24. The van der Waals surface area contributed by atoms with Crippen LogP contribution in [-0.2, 0) is 4.79 Å². The lowest BCUT2D eigenvalue weighted by molar-refractivity contribution is -0.113. The van der Waals surface area contributed by atoms with E-state index in [0.29, 0.717) is 15.1 Å². The number of nitrogens with zero attached hydrogens (tertiary/aromatic N) is 2. The minimum absolute atomic E-state index is 0.0456. The third-order valence-electron chi connectivity index (χ3n) is 5.96. The highest BCUT2D eigenvalue weighted by Gasteiger charge is 2.36. The van der Waals surface area contributed by atoms with Gasteiger partial charge in [-0.05, 0) is 74.1 Å². The summed E-state index contributed by atoms with van der Waals surface area (Å²) in [6, 6.07) is 16.2. The van der Waals surface area contributed by atoms with Gasteiger partial charge in [-0.25, -0.2) is 0 Å². The molecule has 1 unspecified atom stereocenters. The third kappa shape index (κ3) is 3.81. The van der Waals surface area contributed by atoms with E-state index in [2.05, 4.69) is 50.8 Å². The van der Waals surface area contributed by atoms with E-state index in [0.717, 1.165) is 30.6 Å². The van der Waals surface area contributed by atoms with Gasteiger partial charge >= 0.3 is 0 Å². The average Bonchev–Trinajstić information content (AvgIpc) is 2.98. The predicted octanol–water partition coefficient (Wildman–Crippen LogP) is 6.59. The van der Waals surface area contributed by atoms with Gasteiger partial charge in [0.2, 0.25) is 0 Å². The normalized spacial score (nSPS) is 22.0. The Morgan fingerprint density at radius 1 is 1.20 bits per heavy atom. The number of hydrogen-bond acceptors (Lipinski definition) is 4. The first-order valence-corrected chi connectivity index (χ1v) is 11.8. The number of anilines is 2. The molecule has 4 rings (SSSR count). The second-order valence-corrected chi connectivity index (χ2v) is 10.4. The van der Waals surface area contributed by atoms with Crippen LogP contribution in [0.15, 0.2) is 53.4 Å². The van der Waals surface area contributed by atoms with Crippen molar-refractivity contribution >= 4 is 51.7 Å². The van der Waals surface area contributed by atoms with E-state index in [9.17, 15) is 4.79 Å². The van der Waals surface area contributed by atoms with Crippen LogP contribution in [0.1, 0.15) is 57.6 Å². The second-order valence-electron chi connectivity index (χ2n) is 8.74. The first-order chi connectivity index (χ1) is 14.3. The Kier molecular flexibility index (Phi) is 5.78. The fraction of sp³-hybridized carbons (Fsp3) is 0.360. The molecule has 5 heteroatoms. The van der Waals surface area contributed by atoms with Crippen molar-refractivity contribution in [1.29, 1.82) is 0 Å². The van der Waals surface area contributed by atoms with Gasteiger partial charge in [0, 0.05) is 17.8 Å². The Hall–Kier alpha value is -2.11. The van der Waals surface area contributed by atoms with Gasteiger partial charge in [0.1, 0.15) is 0 Å². The van der Waals surface area contributed by atoms with Crippen LogP contribution in [0, 0.1) is 0 Å². The largest absolute Gasteiger partial charge is 0.366 e. The Bertz CT molecular complexity index is 1010. The van der Waals surface area contributed by atoms with E-state index in [4.69, 9.17) is 12.2 Å². The second kappa shape index (κ2) is 8.20. The van der Waals surface area contributed by atoms with E-state index in [1.54, 1.807) is 4.90 Å². The minimum Gasteiger partial charge on any atom is -0.366 e. The molecule has 2 aromatic rings. The highest BCUT2D eigenvalue weighted by atomic mass is 32.2. The standard InChI is InChI=1S/C25H28N2OS2/c1-5-13-26-21-12-11-18(14-20(21)17(2)16-25(26,3)4)15-22-23(28)27(24(29)30-22)19-9-7-6-8-10-19/h6-12,14-15,17H,5,13,16H2,1-4H3/b22-15+. The van der Waals surface area contributed by atoms with E-state index >= 15 is 0 Å². The summed E-state index contributed by atoms with van der Waals surface area (Å²) in [6.45, 7) is 10.3. The van der Waals surface area contributed by atoms with Crippen LogP contribution in [0.5, 0.6) is 0 Å². The number of fused-ring (bicyclic) bond motifs is 1. The molecule has 1 atom stereocenters. The summed E-state index contributed by atoms with van der Waals surface area (Å²) < 4.78 is 0.583. The molecule has 1 saturated heterocycles. The van der Waals surface area contributed by atoms with Gasteiger partial charge in [0.15, 0.2) is 4.32 Å². The van der Waals surface area contributed by atoms with Gasteiger partial charge in [0.05, 0.1) is 10.6 Å². The van der Waals surface area contributed by atoms with Gasteiger partial charge < -0.3 is 4.90 Å². The van der Waals surface area contributed by atoms with Gasteiger partial charge in [-0.3, -0.25) is 9.69 Å². The molecule has 30 heavy (non-hydrogen) atoms. The topological polar surface area (TPSA) is 23.6 Å². The Morgan fingerprint density at radius 3 is 2.63 bits per heavy atom. The van der Waals surface area contributed by atoms with Crippen molar-refractivity contribution in [1.82, 2.24) is 0 Å². The van der Waals surface area contributed by atoms with E-state index in [1.165, 1.54) is 23.0 Å². The summed E-state index contributed by atoms with van der Waals surface area (Å²) in [5.74, 6) is 0.436. The van der Waals surface area contributed by atoms with Crippen LogP contribution in [0.4, 0.5) is 11.4 Å². The van der Waals surface area contributed by atoms with Crippen LogP contribution in [0.2, 0.25) is 0 Å². The molecule has 156 valence electrons. The summed E-state index contributed by atoms with van der Waals surface area (Å²) >= 11 is 6.88. The van der Waals surface area contributed by atoms with E-state index in [1.807, 2.05) is 36.4 Å². The zero-order valence-corrected chi connectivity index (χ0v) is 19.6. The fourth-order valence-corrected chi connectivity index (χ4v) is 5.96. The first kappa shape index (κ1) is 21.1. The van der Waals surface area contributed by atoms with Crippen molar-refractivity contribution in [3.8, 4) is 0 Å². The molecule has 0 bridgehead atoms. The quantitative estimate of drug-likeness (QED) is 0.398. The number of carbonyl (C=O) groups is 1. The van der Waals surface area contributed by atoms with Crippen molar-refractivity contribution in [2.45, 2.75) is 52.0 Å². The van der Waals surface area contributed by atoms with Crippen molar-refractivity contribution in [2.24, 2.45) is 0 Å². The monoisotopic (exact) mass is 436 g/mol. The summed E-state index contributed by atoms with van der Waals surface area (Å²) in [4.78, 5) is 17.9. The first-order valence-electron chi connectivity index (χ1n) is 10.6. The number of carbonyl (C=O) groups excluding carboxylic acids is 1. The van der Waals surface area contributed by atoms with Crippen molar-refractivity contribution in [3.05, 3.63) is 64.6 Å². The molecule has 0 radical (unpaired) electrons. The lowest BCUT2D eigenvalue weighted by atomic mass is 9.79. The maximum Gasteiger partial charge on any atom is 0.270 e. The summed E-state index contributed by atoms with van der Waals surface area (Å²) in [5.41, 5.74) is 4.73. The molecule has 0 saturated carbocycles. The van der Waals surface area contributed by atoms with Crippen LogP contribution in [0.3, 0.4) is 0 Å².